The van der Waals surface area contributed by atoms with Gasteiger partial charge in [0, 0.05) is 7.11 Å². The van der Waals surface area contributed by atoms with Crippen molar-refractivity contribution in [3.8, 4) is 0 Å². The average molecular weight is 350 g/mol. The first-order chi connectivity index (χ1) is 11.2. The van der Waals surface area contributed by atoms with Crippen molar-refractivity contribution in [1.29, 1.82) is 0 Å². The van der Waals surface area contributed by atoms with Crippen LogP contribution in [-0.2, 0) is 43.2 Å². The number of esters is 2. The average Bonchev–Trinajstić information content (AvgIpc) is 2.92. The molecular formula is C18H26O5Si. The van der Waals surface area contributed by atoms with Crippen LogP contribution < -0.4 is 5.19 Å². The number of hydrogen-bond acceptors (Lipinski definition) is 5. The number of carbonyl (C=O) groups is 2. The van der Waals surface area contributed by atoms with Gasteiger partial charge in [0.1, 0.15) is 0 Å². The summed E-state index contributed by atoms with van der Waals surface area (Å²) >= 11 is 0. The van der Waals surface area contributed by atoms with Crippen LogP contribution in [0.15, 0.2) is 12.1 Å². The molecule has 0 atom stereocenters. The Morgan fingerprint density at radius 1 is 1.04 bits per heavy atom. The van der Waals surface area contributed by atoms with Crippen LogP contribution in [0.1, 0.15) is 16.7 Å². The number of fused-ring (bicyclic) bond motifs is 1. The van der Waals surface area contributed by atoms with Crippen molar-refractivity contribution in [2.45, 2.75) is 39.1 Å². The molecule has 0 spiro atoms. The Hall–Kier alpha value is -1.66. The van der Waals surface area contributed by atoms with E-state index in [9.17, 15) is 9.59 Å². The SMILES string of the molecule is COCc1cc2c(c([Si](C)(C)C)c1)CC(C(=O)OC)(C(=O)OC)C2. The van der Waals surface area contributed by atoms with E-state index in [4.69, 9.17) is 14.2 Å². The summed E-state index contributed by atoms with van der Waals surface area (Å²) in [4.78, 5) is 24.9. The summed E-state index contributed by atoms with van der Waals surface area (Å²) < 4.78 is 15.2. The molecule has 0 saturated heterocycles. The summed E-state index contributed by atoms with van der Waals surface area (Å²) in [6.07, 6.45) is 0.658. The largest absolute Gasteiger partial charge is 0.468 e. The molecule has 2 rings (SSSR count). The van der Waals surface area contributed by atoms with Gasteiger partial charge in [-0.05, 0) is 29.5 Å². The lowest BCUT2D eigenvalue weighted by Gasteiger charge is -2.24. The topological polar surface area (TPSA) is 61.8 Å². The van der Waals surface area contributed by atoms with E-state index in [0.29, 0.717) is 19.4 Å². The lowest BCUT2D eigenvalue weighted by Crippen LogP contribution is -2.44. The van der Waals surface area contributed by atoms with Crippen LogP contribution in [0.4, 0.5) is 0 Å². The molecule has 0 unspecified atom stereocenters. The van der Waals surface area contributed by atoms with E-state index in [1.54, 1.807) is 7.11 Å². The Balaban J connectivity index is 2.61. The van der Waals surface area contributed by atoms with Crippen LogP contribution in [0.5, 0.6) is 0 Å². The number of ether oxygens (including phenoxy) is 3. The van der Waals surface area contributed by atoms with Gasteiger partial charge in [0.15, 0.2) is 5.41 Å². The van der Waals surface area contributed by atoms with Crippen LogP contribution in [0.25, 0.3) is 0 Å². The van der Waals surface area contributed by atoms with E-state index < -0.39 is 25.4 Å². The zero-order valence-corrected chi connectivity index (χ0v) is 16.3. The second-order valence-electron chi connectivity index (χ2n) is 7.38. The van der Waals surface area contributed by atoms with Gasteiger partial charge in [0.05, 0.1) is 28.9 Å². The fraction of sp³-hybridized carbons (Fsp3) is 0.556. The molecule has 1 aliphatic carbocycles. The van der Waals surface area contributed by atoms with Gasteiger partial charge in [-0.15, -0.1) is 0 Å². The Morgan fingerprint density at radius 3 is 2.08 bits per heavy atom. The Labute approximate surface area is 144 Å². The number of hydrogen-bond donors (Lipinski definition) is 0. The number of methoxy groups -OCH3 is 3. The van der Waals surface area contributed by atoms with Crippen LogP contribution in [-0.4, -0.2) is 41.3 Å². The Kier molecular flexibility index (Phi) is 5.20. The number of benzene rings is 1. The molecule has 0 N–H and O–H groups in total. The lowest BCUT2D eigenvalue weighted by molar-refractivity contribution is -0.168. The highest BCUT2D eigenvalue weighted by Crippen LogP contribution is 2.39. The van der Waals surface area contributed by atoms with Crippen molar-refractivity contribution < 1.29 is 23.8 Å². The van der Waals surface area contributed by atoms with Gasteiger partial charge in [-0.1, -0.05) is 37.0 Å². The van der Waals surface area contributed by atoms with E-state index in [-0.39, 0.29) is 0 Å². The first-order valence-corrected chi connectivity index (χ1v) is 11.5. The molecule has 0 aliphatic heterocycles. The standard InChI is InChI=1S/C18H26O5Si/c1-21-11-12-7-13-9-18(16(19)22-2,17(20)23-3)10-14(13)15(8-12)24(4,5)6/h7-8H,9-11H2,1-6H3. The molecule has 0 aromatic heterocycles. The van der Waals surface area contributed by atoms with Crippen molar-refractivity contribution in [2.75, 3.05) is 21.3 Å². The second-order valence-corrected chi connectivity index (χ2v) is 12.4. The van der Waals surface area contributed by atoms with Crippen molar-refractivity contribution in [3.05, 3.63) is 28.8 Å². The predicted molar refractivity (Wildman–Crippen MR) is 94.0 cm³/mol. The third-order valence-corrected chi connectivity index (χ3v) is 6.71. The minimum absolute atomic E-state index is 0.316. The minimum atomic E-state index is -1.66. The van der Waals surface area contributed by atoms with Gasteiger partial charge < -0.3 is 14.2 Å². The van der Waals surface area contributed by atoms with Crippen LogP contribution >= 0.6 is 0 Å². The molecule has 1 aromatic rings. The van der Waals surface area contributed by atoms with Crippen LogP contribution in [0, 0.1) is 5.41 Å². The monoisotopic (exact) mass is 350 g/mol. The molecule has 0 amide bonds. The highest BCUT2D eigenvalue weighted by Gasteiger charge is 2.53. The number of carbonyl (C=O) groups excluding carboxylic acids is 2. The fourth-order valence-electron chi connectivity index (χ4n) is 3.54. The maximum Gasteiger partial charge on any atom is 0.323 e. The molecule has 5 nitrogen and oxygen atoms in total. The molecule has 132 valence electrons. The van der Waals surface area contributed by atoms with Gasteiger partial charge >= 0.3 is 11.9 Å². The van der Waals surface area contributed by atoms with E-state index in [1.165, 1.54) is 19.4 Å². The molecule has 0 saturated carbocycles. The Morgan fingerprint density at radius 2 is 1.62 bits per heavy atom. The first-order valence-electron chi connectivity index (χ1n) is 8.00. The lowest BCUT2D eigenvalue weighted by atomic mass is 9.85. The second kappa shape index (κ2) is 6.68. The van der Waals surface area contributed by atoms with Gasteiger partial charge in [0.2, 0.25) is 0 Å². The molecule has 0 fully saturated rings. The molecule has 0 heterocycles. The number of rotatable bonds is 5. The summed E-state index contributed by atoms with van der Waals surface area (Å²) in [5.41, 5.74) is 1.92. The Bertz CT molecular complexity index is 644. The van der Waals surface area contributed by atoms with Gasteiger partial charge in [-0.2, -0.15) is 0 Å². The van der Waals surface area contributed by atoms with E-state index >= 15 is 0 Å². The quantitative estimate of drug-likeness (QED) is 0.460. The predicted octanol–water partition coefficient (Wildman–Crippen LogP) is 1.81. The first kappa shape index (κ1) is 18.7. The molecule has 1 aliphatic rings. The highest BCUT2D eigenvalue weighted by atomic mass is 28.3. The van der Waals surface area contributed by atoms with Crippen molar-refractivity contribution >= 4 is 25.2 Å². The summed E-state index contributed by atoms with van der Waals surface area (Å²) in [5, 5.41) is 1.27. The maximum atomic E-state index is 12.4. The van der Waals surface area contributed by atoms with Crippen LogP contribution in [0.3, 0.4) is 0 Å². The zero-order chi connectivity index (χ0) is 18.1. The maximum absolute atomic E-state index is 12.4. The van der Waals surface area contributed by atoms with E-state index in [1.807, 2.05) is 6.07 Å². The smallest absolute Gasteiger partial charge is 0.323 e. The minimum Gasteiger partial charge on any atom is -0.468 e. The van der Waals surface area contributed by atoms with E-state index in [2.05, 4.69) is 25.7 Å². The van der Waals surface area contributed by atoms with Crippen molar-refractivity contribution in [3.63, 3.8) is 0 Å². The van der Waals surface area contributed by atoms with Gasteiger partial charge in [-0.3, -0.25) is 9.59 Å². The molecule has 0 radical (unpaired) electrons. The summed E-state index contributed by atoms with van der Waals surface area (Å²) in [6, 6.07) is 4.20. The molecule has 0 bridgehead atoms. The molecule has 6 heteroatoms. The molecule has 1 aromatic carbocycles. The van der Waals surface area contributed by atoms with Crippen LogP contribution in [0.2, 0.25) is 19.6 Å². The van der Waals surface area contributed by atoms with Crippen molar-refractivity contribution in [2.24, 2.45) is 5.41 Å². The summed E-state index contributed by atoms with van der Waals surface area (Å²) in [6.45, 7) is 7.29. The fourth-order valence-corrected chi connectivity index (χ4v) is 5.31. The molecule has 24 heavy (non-hydrogen) atoms. The third kappa shape index (κ3) is 3.12. The van der Waals surface area contributed by atoms with Gasteiger partial charge in [0.25, 0.3) is 0 Å². The summed E-state index contributed by atoms with van der Waals surface area (Å²) in [5.74, 6) is -1.05. The zero-order valence-electron chi connectivity index (χ0n) is 15.3. The summed E-state index contributed by atoms with van der Waals surface area (Å²) in [7, 11) is 2.62. The highest BCUT2D eigenvalue weighted by molar-refractivity contribution is 6.89. The third-order valence-electron chi connectivity index (χ3n) is 4.64. The molecular weight excluding hydrogens is 324 g/mol. The van der Waals surface area contributed by atoms with E-state index in [0.717, 1.165) is 16.7 Å². The van der Waals surface area contributed by atoms with Gasteiger partial charge in [-0.25, -0.2) is 0 Å². The van der Waals surface area contributed by atoms with Crippen molar-refractivity contribution in [1.82, 2.24) is 0 Å². The normalized spacial score (nSPS) is 15.8.